The fraction of sp³-hybridized carbons (Fsp3) is 0.385. The number of H-pyrrole nitrogens is 1. The van der Waals surface area contributed by atoms with E-state index in [-0.39, 0.29) is 11.9 Å². The molecule has 0 saturated carbocycles. The number of aromatic nitrogens is 2. The van der Waals surface area contributed by atoms with Crippen molar-refractivity contribution in [1.82, 2.24) is 9.97 Å². The number of rotatable bonds is 5. The number of ether oxygens (including phenoxy) is 1. The van der Waals surface area contributed by atoms with Crippen molar-refractivity contribution in [3.8, 4) is 0 Å². The minimum atomic E-state index is -0.152. The van der Waals surface area contributed by atoms with Gasteiger partial charge in [-0.1, -0.05) is 30.8 Å². The first-order valence-electron chi connectivity index (χ1n) is 5.95. The number of imidazole rings is 1. The van der Waals surface area contributed by atoms with E-state index in [1.54, 1.807) is 11.8 Å². The van der Waals surface area contributed by atoms with Crippen LogP contribution in [0, 0.1) is 5.92 Å². The quantitative estimate of drug-likeness (QED) is 0.666. The zero-order chi connectivity index (χ0) is 13.0. The van der Waals surface area contributed by atoms with Crippen molar-refractivity contribution in [3.63, 3.8) is 0 Å². The standard InChI is InChI=1S/C13H16N2O2S/c1-3-17-12(16)9(2)8-18-13-14-10-6-4-5-7-11(10)15-13/h4-7,9H,3,8H2,1-2H3,(H,14,15). The van der Waals surface area contributed by atoms with Gasteiger partial charge in [-0.3, -0.25) is 4.79 Å². The van der Waals surface area contributed by atoms with E-state index >= 15 is 0 Å². The highest BCUT2D eigenvalue weighted by atomic mass is 32.2. The summed E-state index contributed by atoms with van der Waals surface area (Å²) >= 11 is 1.54. The molecule has 0 saturated heterocycles. The number of nitrogens with one attached hydrogen (secondary N) is 1. The van der Waals surface area contributed by atoms with Crippen LogP contribution in [-0.4, -0.2) is 28.3 Å². The van der Waals surface area contributed by atoms with Gasteiger partial charge in [0, 0.05) is 5.75 Å². The second-order valence-electron chi connectivity index (χ2n) is 4.02. The Morgan fingerprint density at radius 2 is 2.28 bits per heavy atom. The Hall–Kier alpha value is -1.49. The van der Waals surface area contributed by atoms with Crippen molar-refractivity contribution in [3.05, 3.63) is 24.3 Å². The number of hydrogen-bond donors (Lipinski definition) is 1. The fourth-order valence-electron chi connectivity index (χ4n) is 1.55. The van der Waals surface area contributed by atoms with Gasteiger partial charge in [0.15, 0.2) is 5.16 Å². The summed E-state index contributed by atoms with van der Waals surface area (Å²) in [4.78, 5) is 19.1. The molecule has 0 bridgehead atoms. The molecule has 5 heteroatoms. The lowest BCUT2D eigenvalue weighted by Gasteiger charge is -2.08. The molecule has 0 fully saturated rings. The van der Waals surface area contributed by atoms with Crippen molar-refractivity contribution in [2.75, 3.05) is 12.4 Å². The third-order valence-electron chi connectivity index (χ3n) is 2.53. The van der Waals surface area contributed by atoms with Gasteiger partial charge in [-0.25, -0.2) is 4.98 Å². The minimum Gasteiger partial charge on any atom is -0.466 e. The lowest BCUT2D eigenvalue weighted by Crippen LogP contribution is -2.16. The summed E-state index contributed by atoms with van der Waals surface area (Å²) in [5, 5.41) is 0.840. The van der Waals surface area contributed by atoms with Gasteiger partial charge in [0.2, 0.25) is 0 Å². The predicted molar refractivity (Wildman–Crippen MR) is 72.6 cm³/mol. The number of fused-ring (bicyclic) bond motifs is 1. The molecule has 1 unspecified atom stereocenters. The summed E-state index contributed by atoms with van der Waals surface area (Å²) in [5.74, 6) is 0.392. The lowest BCUT2D eigenvalue weighted by atomic mass is 10.2. The van der Waals surface area contributed by atoms with Gasteiger partial charge >= 0.3 is 5.97 Å². The molecule has 0 radical (unpaired) electrons. The number of carbonyl (C=O) groups excluding carboxylic acids is 1. The summed E-state index contributed by atoms with van der Waals surface area (Å²) in [6.45, 7) is 4.11. The molecule has 0 aliphatic rings. The third kappa shape index (κ3) is 3.04. The van der Waals surface area contributed by atoms with Crippen molar-refractivity contribution >= 4 is 28.8 Å². The molecule has 0 aliphatic carbocycles. The van der Waals surface area contributed by atoms with Crippen LogP contribution in [0.25, 0.3) is 11.0 Å². The number of nitrogens with zero attached hydrogens (tertiary/aromatic N) is 1. The molecule has 1 aromatic carbocycles. The molecule has 0 spiro atoms. The van der Waals surface area contributed by atoms with Gasteiger partial charge < -0.3 is 9.72 Å². The van der Waals surface area contributed by atoms with Gasteiger partial charge in [-0.15, -0.1) is 0 Å². The largest absolute Gasteiger partial charge is 0.466 e. The van der Waals surface area contributed by atoms with Crippen LogP contribution in [-0.2, 0) is 9.53 Å². The molecule has 2 rings (SSSR count). The predicted octanol–water partition coefficient (Wildman–Crippen LogP) is 2.85. The smallest absolute Gasteiger partial charge is 0.309 e. The first-order valence-corrected chi connectivity index (χ1v) is 6.93. The van der Waals surface area contributed by atoms with E-state index in [0.717, 1.165) is 16.2 Å². The summed E-state index contributed by atoms with van der Waals surface area (Å²) in [6.07, 6.45) is 0. The second kappa shape index (κ2) is 5.91. The first-order chi connectivity index (χ1) is 8.70. The molecule has 1 N–H and O–H groups in total. The van der Waals surface area contributed by atoms with E-state index < -0.39 is 0 Å². The summed E-state index contributed by atoms with van der Waals surface area (Å²) in [6, 6.07) is 7.88. The summed E-state index contributed by atoms with van der Waals surface area (Å²) in [5.41, 5.74) is 1.97. The molecule has 1 aromatic heterocycles. The van der Waals surface area contributed by atoms with Crippen molar-refractivity contribution in [2.24, 2.45) is 5.92 Å². The van der Waals surface area contributed by atoms with Crippen molar-refractivity contribution in [1.29, 1.82) is 0 Å². The molecule has 18 heavy (non-hydrogen) atoms. The third-order valence-corrected chi connectivity index (χ3v) is 3.66. The van der Waals surface area contributed by atoms with E-state index in [1.807, 2.05) is 38.1 Å². The van der Waals surface area contributed by atoms with Crippen LogP contribution >= 0.6 is 11.8 Å². The van der Waals surface area contributed by atoms with E-state index in [2.05, 4.69) is 9.97 Å². The van der Waals surface area contributed by atoms with Crippen LogP contribution in [0.15, 0.2) is 29.4 Å². The SMILES string of the molecule is CCOC(=O)C(C)CSc1nc2ccccc2[nH]1. The number of thioether (sulfide) groups is 1. The normalized spacial score (nSPS) is 12.6. The van der Waals surface area contributed by atoms with Gasteiger partial charge in [-0.05, 0) is 19.1 Å². The van der Waals surface area contributed by atoms with Crippen LogP contribution in [0.5, 0.6) is 0 Å². The van der Waals surface area contributed by atoms with Gasteiger partial charge in [0.05, 0.1) is 23.6 Å². The van der Waals surface area contributed by atoms with E-state index in [9.17, 15) is 4.79 Å². The molecule has 4 nitrogen and oxygen atoms in total. The highest BCUT2D eigenvalue weighted by Crippen LogP contribution is 2.21. The molecule has 96 valence electrons. The molecule has 1 atom stereocenters. The maximum Gasteiger partial charge on any atom is 0.309 e. The first kappa shape index (κ1) is 13.0. The summed E-state index contributed by atoms with van der Waals surface area (Å²) in [7, 11) is 0. The molecule has 0 amide bonds. The minimum absolute atomic E-state index is 0.122. The Morgan fingerprint density at radius 3 is 3.00 bits per heavy atom. The fourth-order valence-corrected chi connectivity index (χ4v) is 2.44. The molecular formula is C13H16N2O2S. The van der Waals surface area contributed by atoms with Gasteiger partial charge in [0.25, 0.3) is 0 Å². The molecule has 2 aromatic rings. The Labute approximate surface area is 110 Å². The maximum absolute atomic E-state index is 11.5. The van der Waals surface area contributed by atoms with Crippen LogP contribution in [0.1, 0.15) is 13.8 Å². The number of para-hydroxylation sites is 2. The van der Waals surface area contributed by atoms with Gasteiger partial charge in [0.1, 0.15) is 0 Å². The number of hydrogen-bond acceptors (Lipinski definition) is 4. The highest BCUT2D eigenvalue weighted by Gasteiger charge is 2.15. The van der Waals surface area contributed by atoms with E-state index in [4.69, 9.17) is 4.74 Å². The maximum atomic E-state index is 11.5. The average Bonchev–Trinajstić information content (AvgIpc) is 2.78. The Bertz CT molecular complexity index is 506. The number of carbonyl (C=O) groups is 1. The second-order valence-corrected chi connectivity index (χ2v) is 5.03. The summed E-state index contributed by atoms with van der Waals surface area (Å²) < 4.78 is 4.97. The zero-order valence-electron chi connectivity index (χ0n) is 10.5. The van der Waals surface area contributed by atoms with E-state index in [1.165, 1.54) is 0 Å². The topological polar surface area (TPSA) is 55.0 Å². The number of esters is 1. The van der Waals surface area contributed by atoms with Crippen LogP contribution in [0.4, 0.5) is 0 Å². The number of aromatic amines is 1. The lowest BCUT2D eigenvalue weighted by molar-refractivity contribution is -0.146. The van der Waals surface area contributed by atoms with Crippen molar-refractivity contribution < 1.29 is 9.53 Å². The molecule has 1 heterocycles. The van der Waals surface area contributed by atoms with E-state index in [0.29, 0.717) is 12.4 Å². The van der Waals surface area contributed by atoms with Crippen molar-refractivity contribution in [2.45, 2.75) is 19.0 Å². The Morgan fingerprint density at radius 1 is 1.50 bits per heavy atom. The van der Waals surface area contributed by atoms with Gasteiger partial charge in [-0.2, -0.15) is 0 Å². The monoisotopic (exact) mass is 264 g/mol. The zero-order valence-corrected chi connectivity index (χ0v) is 11.3. The molecular weight excluding hydrogens is 248 g/mol. The van der Waals surface area contributed by atoms with Crippen LogP contribution in [0.3, 0.4) is 0 Å². The highest BCUT2D eigenvalue weighted by molar-refractivity contribution is 7.99. The Kier molecular flexibility index (Phi) is 4.25. The molecule has 0 aliphatic heterocycles. The van der Waals surface area contributed by atoms with Crippen LogP contribution in [0.2, 0.25) is 0 Å². The Balaban J connectivity index is 1.95. The van der Waals surface area contributed by atoms with Crippen LogP contribution < -0.4 is 0 Å². The average molecular weight is 264 g/mol. The number of benzene rings is 1.